The van der Waals surface area contributed by atoms with Crippen molar-refractivity contribution in [2.75, 3.05) is 6.61 Å². The third-order valence-corrected chi connectivity index (χ3v) is 10.1. The lowest BCUT2D eigenvalue weighted by Crippen LogP contribution is -2.76. The monoisotopic (exact) mass is 630 g/mol. The lowest BCUT2D eigenvalue weighted by Gasteiger charge is -2.63. The van der Waals surface area contributed by atoms with Crippen LogP contribution < -0.4 is 0 Å². The first kappa shape index (κ1) is 34.3. The second kappa shape index (κ2) is 12.0. The van der Waals surface area contributed by atoms with Crippen LogP contribution in [0.25, 0.3) is 0 Å². The minimum Gasteiger partial charge on any atom is -0.463 e. The van der Waals surface area contributed by atoms with Crippen molar-refractivity contribution in [1.29, 1.82) is 0 Å². The molecule has 8 atom stereocenters. The number of hydrogen-bond donors (Lipinski definition) is 3. The minimum absolute atomic E-state index is 0.103. The van der Waals surface area contributed by atoms with Gasteiger partial charge in [0.1, 0.15) is 41.9 Å². The summed E-state index contributed by atoms with van der Waals surface area (Å²) >= 11 is 0. The zero-order valence-corrected chi connectivity index (χ0v) is 26.6. The third-order valence-electron chi connectivity index (χ3n) is 10.1. The largest absolute Gasteiger partial charge is 0.463 e. The van der Waals surface area contributed by atoms with Crippen LogP contribution >= 0.6 is 0 Å². The molecule has 0 unspecified atom stereocenters. The zero-order chi connectivity index (χ0) is 33.7. The summed E-state index contributed by atoms with van der Waals surface area (Å²) in [4.78, 5) is 64.5. The molecule has 0 heterocycles. The summed E-state index contributed by atoms with van der Waals surface area (Å²) in [5.74, 6) is -5.31. The molecule has 3 aliphatic carbocycles. The summed E-state index contributed by atoms with van der Waals surface area (Å²) in [6, 6.07) is 7.87. The average Bonchev–Trinajstić information content (AvgIpc) is 2.95. The van der Waals surface area contributed by atoms with Gasteiger partial charge in [0.25, 0.3) is 0 Å². The number of carbonyl (C=O) groups is 5. The fraction of sp³-hybridized carbons (Fsp3) is 0.606. The van der Waals surface area contributed by atoms with Crippen LogP contribution in [0.3, 0.4) is 0 Å². The van der Waals surface area contributed by atoms with Gasteiger partial charge in [0, 0.05) is 44.9 Å². The maximum absolute atomic E-state index is 14.0. The van der Waals surface area contributed by atoms with Crippen LogP contribution in [0.5, 0.6) is 0 Å². The van der Waals surface area contributed by atoms with Gasteiger partial charge in [-0.05, 0) is 43.5 Å². The van der Waals surface area contributed by atoms with Crippen molar-refractivity contribution in [3.05, 3.63) is 47.0 Å². The standard InChI is InChI=1S/C33H42O12/c1-17-22(43-19(3)35)15-33(41)28(45-29(39)21-11-9-8-10-12-21)26-31(7,23(37)13-14-32(26,40)16-42-18(2)34)27(38)25(44-20(4)36)24(17)30(33,5)6/h8-12,22,25-28,38,40-41H,13-16H2,1-7H3/t22-,25+,26-,27-,28-,31+,32+,33+/m0/s1. The topological polar surface area (TPSA) is 183 Å². The number of esters is 4. The van der Waals surface area contributed by atoms with Crippen LogP contribution in [0.4, 0.5) is 0 Å². The summed E-state index contributed by atoms with van der Waals surface area (Å²) in [6.07, 6.45) is -7.20. The van der Waals surface area contributed by atoms with Gasteiger partial charge in [0.15, 0.2) is 6.10 Å². The molecule has 0 aliphatic heterocycles. The molecular formula is C33H42O12. The van der Waals surface area contributed by atoms with E-state index in [0.29, 0.717) is 5.57 Å². The molecule has 3 N–H and O–H groups in total. The van der Waals surface area contributed by atoms with Crippen LogP contribution in [-0.4, -0.2) is 87.2 Å². The Morgan fingerprint density at radius 1 is 0.911 bits per heavy atom. The normalized spacial score (nSPS) is 35.7. The SMILES string of the molecule is CC(=O)OC[C@]1(O)CCC(=O)[C@]2(C)[C@@H]1[C@H](OC(=O)c1ccccc1)[C@]1(O)C[C@H](OC(C)=O)C(C)=C([C@@H](OC(C)=O)[C@@H]2O)C1(C)C. The second-order valence-corrected chi connectivity index (χ2v) is 13.2. The number of benzene rings is 1. The Balaban J connectivity index is 2.10. The van der Waals surface area contributed by atoms with Crippen LogP contribution in [0.15, 0.2) is 41.5 Å². The van der Waals surface area contributed by atoms with Gasteiger partial charge >= 0.3 is 23.9 Å². The first-order chi connectivity index (χ1) is 20.8. The maximum atomic E-state index is 14.0. The van der Waals surface area contributed by atoms with E-state index in [-0.39, 0.29) is 30.4 Å². The molecule has 0 aromatic heterocycles. The number of rotatable bonds is 6. The molecular weight excluding hydrogens is 588 g/mol. The van der Waals surface area contributed by atoms with Gasteiger partial charge in [-0.3, -0.25) is 19.2 Å². The van der Waals surface area contributed by atoms with Gasteiger partial charge < -0.3 is 34.3 Å². The fourth-order valence-corrected chi connectivity index (χ4v) is 7.77. The van der Waals surface area contributed by atoms with E-state index in [9.17, 15) is 39.3 Å². The van der Waals surface area contributed by atoms with E-state index in [4.69, 9.17) is 18.9 Å². The van der Waals surface area contributed by atoms with E-state index in [2.05, 4.69) is 0 Å². The highest BCUT2D eigenvalue weighted by molar-refractivity contribution is 5.90. The molecule has 0 amide bonds. The summed E-state index contributed by atoms with van der Waals surface area (Å²) in [5, 5.41) is 37.6. The van der Waals surface area contributed by atoms with Crippen molar-refractivity contribution in [3.63, 3.8) is 0 Å². The number of Topliss-reactive ketones (excluding diaryl/α,β-unsaturated/α-hetero) is 1. The van der Waals surface area contributed by atoms with Crippen LogP contribution in [0.1, 0.15) is 78.1 Å². The summed E-state index contributed by atoms with van der Waals surface area (Å²) in [7, 11) is 0. The Morgan fingerprint density at radius 2 is 1.51 bits per heavy atom. The van der Waals surface area contributed by atoms with Gasteiger partial charge in [-0.2, -0.15) is 0 Å². The predicted octanol–water partition coefficient (Wildman–Crippen LogP) is 2.21. The van der Waals surface area contributed by atoms with Crippen molar-refractivity contribution in [1.82, 2.24) is 0 Å². The van der Waals surface area contributed by atoms with E-state index < -0.39 is 88.6 Å². The van der Waals surface area contributed by atoms with Crippen LogP contribution in [0.2, 0.25) is 0 Å². The van der Waals surface area contributed by atoms with Crippen LogP contribution in [0, 0.1) is 16.7 Å². The van der Waals surface area contributed by atoms with E-state index >= 15 is 0 Å². The number of aliphatic hydroxyl groups excluding tert-OH is 1. The Bertz CT molecular complexity index is 1420. The second-order valence-electron chi connectivity index (χ2n) is 13.2. The van der Waals surface area contributed by atoms with Gasteiger partial charge in [-0.15, -0.1) is 0 Å². The average molecular weight is 631 g/mol. The maximum Gasteiger partial charge on any atom is 0.338 e. The minimum atomic E-state index is -2.22. The fourth-order valence-electron chi connectivity index (χ4n) is 7.77. The van der Waals surface area contributed by atoms with Gasteiger partial charge in [0.2, 0.25) is 0 Å². The van der Waals surface area contributed by atoms with E-state index in [1.807, 2.05) is 0 Å². The Hall–Kier alpha value is -3.61. The molecule has 1 aromatic rings. The third kappa shape index (κ3) is 5.68. The molecule has 45 heavy (non-hydrogen) atoms. The molecule has 2 bridgehead atoms. The molecule has 0 radical (unpaired) electrons. The van der Waals surface area contributed by atoms with Gasteiger partial charge in [0.05, 0.1) is 11.0 Å². The molecule has 2 saturated carbocycles. The van der Waals surface area contributed by atoms with Crippen molar-refractivity contribution in [3.8, 4) is 0 Å². The lowest BCUT2D eigenvalue weighted by atomic mass is 9.45. The molecule has 246 valence electrons. The smallest absolute Gasteiger partial charge is 0.338 e. The molecule has 4 rings (SSSR count). The van der Waals surface area contributed by atoms with E-state index in [1.165, 1.54) is 26.0 Å². The first-order valence-corrected chi connectivity index (χ1v) is 14.9. The Morgan fingerprint density at radius 3 is 2.07 bits per heavy atom. The highest BCUT2D eigenvalue weighted by Crippen LogP contribution is 2.62. The highest BCUT2D eigenvalue weighted by Gasteiger charge is 2.73. The zero-order valence-electron chi connectivity index (χ0n) is 26.6. The van der Waals surface area contributed by atoms with E-state index in [0.717, 1.165) is 13.8 Å². The first-order valence-electron chi connectivity index (χ1n) is 14.9. The number of carbonyl (C=O) groups excluding carboxylic acids is 5. The summed E-state index contributed by atoms with van der Waals surface area (Å²) in [6.45, 7) is 8.94. The quantitative estimate of drug-likeness (QED) is 0.237. The Labute approximate surface area is 261 Å². The number of fused-ring (bicyclic) bond motifs is 3. The van der Waals surface area contributed by atoms with Gasteiger partial charge in [-0.1, -0.05) is 32.0 Å². The molecule has 12 heteroatoms. The predicted molar refractivity (Wildman–Crippen MR) is 156 cm³/mol. The number of hydrogen-bond acceptors (Lipinski definition) is 12. The van der Waals surface area contributed by atoms with Gasteiger partial charge in [-0.25, -0.2) is 4.79 Å². The molecule has 2 fully saturated rings. The van der Waals surface area contributed by atoms with Crippen molar-refractivity contribution in [2.45, 2.75) is 103 Å². The number of aliphatic hydroxyl groups is 3. The molecule has 0 saturated heterocycles. The molecule has 1 aromatic carbocycles. The molecule has 12 nitrogen and oxygen atoms in total. The lowest BCUT2D eigenvalue weighted by molar-refractivity contribution is -0.267. The Kier molecular flexibility index (Phi) is 9.11. The van der Waals surface area contributed by atoms with Crippen molar-refractivity contribution < 1.29 is 58.2 Å². The highest BCUT2D eigenvalue weighted by atomic mass is 16.6. The van der Waals surface area contributed by atoms with Crippen molar-refractivity contribution in [2.24, 2.45) is 16.7 Å². The van der Waals surface area contributed by atoms with E-state index in [1.54, 1.807) is 39.0 Å². The number of ether oxygens (including phenoxy) is 4. The number of ketones is 1. The molecule has 3 aliphatic rings. The molecule has 0 spiro atoms. The summed E-state index contributed by atoms with van der Waals surface area (Å²) in [5.41, 5.74) is -7.23. The van der Waals surface area contributed by atoms with Crippen LogP contribution in [-0.2, 0) is 38.1 Å². The summed E-state index contributed by atoms with van der Waals surface area (Å²) < 4.78 is 22.7. The van der Waals surface area contributed by atoms with Crippen molar-refractivity contribution >= 4 is 29.7 Å².